The number of ether oxygens (including phenoxy) is 2. The van der Waals surface area contributed by atoms with Gasteiger partial charge < -0.3 is 27.9 Å². The average molecular weight is 793 g/mol. The van der Waals surface area contributed by atoms with Gasteiger partial charge in [-0.15, -0.1) is 0 Å². The molecule has 0 aromatic heterocycles. The summed E-state index contributed by atoms with van der Waals surface area (Å²) >= 11 is 0. The molecule has 54 heavy (non-hydrogen) atoms. The number of phosphoric ester groups is 1. The molecule has 0 saturated heterocycles. The molecule has 0 fully saturated rings. The first-order valence-corrected chi connectivity index (χ1v) is 21.5. The van der Waals surface area contributed by atoms with Crippen LogP contribution in [-0.4, -0.2) is 70.0 Å². The molecule has 1 unspecified atom stereocenters. The summed E-state index contributed by atoms with van der Waals surface area (Å²) in [5.74, 6) is -1.06. The average Bonchev–Trinajstić information content (AvgIpc) is 3.19. The third-order valence-corrected chi connectivity index (χ3v) is 9.04. The van der Waals surface area contributed by atoms with Gasteiger partial charge in [-0.3, -0.25) is 14.2 Å². The van der Waals surface area contributed by atoms with E-state index in [4.69, 9.17) is 33.6 Å². The lowest BCUT2D eigenvalue weighted by atomic mass is 10.1. The first-order valence-electron chi connectivity index (χ1n) is 25.5. The normalized spacial score (nSPS) is 18.4. The fourth-order valence-corrected chi connectivity index (χ4v) is 5.66. The topological polar surface area (TPSA) is 111 Å². The first-order chi connectivity index (χ1) is 30.1. The summed E-state index contributed by atoms with van der Waals surface area (Å²) < 4.78 is 119. The minimum absolute atomic E-state index is 0.0960. The maximum atomic E-state index is 12.7. The van der Waals surface area contributed by atoms with Gasteiger partial charge in [0.2, 0.25) is 0 Å². The predicted molar refractivity (Wildman–Crippen MR) is 222 cm³/mol. The zero-order chi connectivity index (χ0) is 49.7. The van der Waals surface area contributed by atoms with Crippen LogP contribution in [0.25, 0.3) is 0 Å². The van der Waals surface area contributed by atoms with E-state index >= 15 is 0 Å². The van der Waals surface area contributed by atoms with Crippen molar-refractivity contribution in [2.45, 2.75) is 174 Å². The van der Waals surface area contributed by atoms with Crippen molar-refractivity contribution in [2.24, 2.45) is 0 Å². The van der Waals surface area contributed by atoms with Gasteiger partial charge in [0.1, 0.15) is 19.8 Å². The van der Waals surface area contributed by atoms with Gasteiger partial charge in [0.05, 0.1) is 27.7 Å². The summed E-state index contributed by atoms with van der Waals surface area (Å²) in [7, 11) is 0.938. The van der Waals surface area contributed by atoms with Crippen LogP contribution in [0.15, 0.2) is 48.6 Å². The smallest absolute Gasteiger partial charge is 0.306 e. The second-order valence-electron chi connectivity index (χ2n) is 14.3. The van der Waals surface area contributed by atoms with Crippen LogP contribution in [0.3, 0.4) is 0 Å². The Morgan fingerprint density at radius 2 is 1.24 bits per heavy atom. The van der Waals surface area contributed by atoms with Crippen molar-refractivity contribution in [3.05, 3.63) is 48.6 Å². The molecule has 314 valence electrons. The summed E-state index contributed by atoms with van der Waals surface area (Å²) in [5, 5.41) is 0. The molecule has 9 nitrogen and oxygen atoms in total. The Labute approximate surface area is 346 Å². The highest BCUT2D eigenvalue weighted by atomic mass is 31.2. The molecule has 0 aliphatic heterocycles. The number of allylic oxidation sites excluding steroid dienone is 8. The van der Waals surface area contributed by atoms with E-state index in [2.05, 4.69) is 31.2 Å². The highest BCUT2D eigenvalue weighted by Crippen LogP contribution is 2.38. The Bertz CT molecular complexity index is 1500. The third kappa shape index (κ3) is 39.7. The van der Waals surface area contributed by atoms with Crippen LogP contribution in [0.4, 0.5) is 0 Å². The Morgan fingerprint density at radius 3 is 1.81 bits per heavy atom. The molecule has 0 N–H and O–H groups in total. The lowest BCUT2D eigenvalue weighted by Gasteiger charge is -2.28. The molecular weight excluding hydrogens is 701 g/mol. The Kier molecular flexibility index (Phi) is 23.8. The molecule has 0 aromatic rings. The van der Waals surface area contributed by atoms with Crippen LogP contribution < -0.4 is 4.89 Å². The maximum Gasteiger partial charge on any atom is 0.306 e. The molecule has 0 spiro atoms. The lowest BCUT2D eigenvalue weighted by Crippen LogP contribution is -2.37. The van der Waals surface area contributed by atoms with E-state index in [0.717, 1.165) is 76.7 Å². The summed E-state index contributed by atoms with van der Waals surface area (Å²) in [4.78, 5) is 37.6. The zero-order valence-corrected chi connectivity index (χ0v) is 34.7. The molecule has 0 heterocycles. The van der Waals surface area contributed by atoms with Gasteiger partial charge in [-0.1, -0.05) is 126 Å². The number of esters is 2. The molecule has 10 heteroatoms. The molecule has 0 saturated carbocycles. The van der Waals surface area contributed by atoms with E-state index < -0.39 is 64.8 Å². The molecule has 0 amide bonds. The molecule has 0 radical (unpaired) electrons. The van der Waals surface area contributed by atoms with Gasteiger partial charge in [0, 0.05) is 27.9 Å². The number of unbranched alkanes of at least 4 members (excludes halogenated alkanes) is 13. The predicted octanol–water partition coefficient (Wildman–Crippen LogP) is 11.3. The van der Waals surface area contributed by atoms with Crippen LogP contribution in [0.5, 0.6) is 0 Å². The summed E-state index contributed by atoms with van der Waals surface area (Å²) in [6.45, 7) is -1.93. The number of quaternary nitrogens is 1. The summed E-state index contributed by atoms with van der Waals surface area (Å²) in [6.07, 6.45) is 15.8. The molecular formula is C44H80NO8P. The minimum atomic E-state index is -4.71. The van der Waals surface area contributed by atoms with Gasteiger partial charge in [0.25, 0.3) is 7.82 Å². The molecule has 0 aromatic carbocycles. The minimum Gasteiger partial charge on any atom is -0.756 e. The Hall–Kier alpha value is -2.03. The van der Waals surface area contributed by atoms with E-state index in [0.29, 0.717) is 30.3 Å². The van der Waals surface area contributed by atoms with E-state index in [1.54, 1.807) is 6.08 Å². The number of carbonyl (C=O) groups is 2. The van der Waals surface area contributed by atoms with Gasteiger partial charge in [-0.05, 0) is 77.0 Å². The van der Waals surface area contributed by atoms with Gasteiger partial charge >= 0.3 is 11.9 Å². The van der Waals surface area contributed by atoms with Crippen LogP contribution in [0.1, 0.15) is 183 Å². The SMILES string of the molecule is [2H]C([2H])([2H])C([2H])([2H])C([2H])([2H])C([2H])([2H])C([2H])([2H])/C=C\C/C=C\CCCCCCCC(=O)OC[C@H](COP(=O)([O-])OCC[N+](C)(C)C)OC(=O)CCCCCCC/C=C\C/C=C\CCCCC. The van der Waals surface area contributed by atoms with E-state index in [-0.39, 0.29) is 32.5 Å². The fourth-order valence-electron chi connectivity index (χ4n) is 4.93. The van der Waals surface area contributed by atoms with Crippen molar-refractivity contribution in [3.8, 4) is 0 Å². The van der Waals surface area contributed by atoms with Crippen molar-refractivity contribution in [1.82, 2.24) is 0 Å². The van der Waals surface area contributed by atoms with Crippen LogP contribution in [-0.2, 0) is 32.7 Å². The summed E-state index contributed by atoms with van der Waals surface area (Å²) in [6, 6.07) is 0. The third-order valence-electron chi connectivity index (χ3n) is 8.08. The van der Waals surface area contributed by atoms with Gasteiger partial charge in [0.15, 0.2) is 6.10 Å². The van der Waals surface area contributed by atoms with Gasteiger partial charge in [-0.25, -0.2) is 0 Å². The summed E-state index contributed by atoms with van der Waals surface area (Å²) in [5.41, 5.74) is 0. The standard InChI is InChI=1S/C44H80NO8P/c1-6-8-10-12-14-16-18-20-22-24-26-28-30-32-34-36-43(46)50-40-42(41-52-54(48,49)51-39-38-45(3,4)5)53-44(47)37-35-33-31-29-27-25-23-21-19-17-15-13-11-9-7-2/h14-17,20-23,42H,6-13,18-19,24-41H2,1-5H3/b16-14-,17-15-,22-20-,23-21-/t42-/m1/s1/i1D3,6D2,8D2,10D2,12D2. The second-order valence-corrected chi connectivity index (χ2v) is 15.7. The highest BCUT2D eigenvalue weighted by molar-refractivity contribution is 7.45. The molecule has 0 aliphatic rings. The van der Waals surface area contributed by atoms with E-state index in [9.17, 15) is 19.0 Å². The first kappa shape index (κ1) is 35.2. The zero-order valence-electron chi connectivity index (χ0n) is 44.8. The maximum absolute atomic E-state index is 12.7. The number of hydrogen-bond donors (Lipinski definition) is 0. The molecule has 2 atom stereocenters. The fraction of sp³-hybridized carbons (Fsp3) is 0.773. The highest BCUT2D eigenvalue weighted by Gasteiger charge is 2.21. The van der Waals surface area contributed by atoms with Gasteiger partial charge in [-0.2, -0.15) is 0 Å². The number of carbonyl (C=O) groups excluding carboxylic acids is 2. The van der Waals surface area contributed by atoms with Crippen LogP contribution in [0, 0.1) is 0 Å². The van der Waals surface area contributed by atoms with Crippen LogP contribution in [0.2, 0.25) is 0 Å². The molecule has 0 rings (SSSR count). The van der Waals surface area contributed by atoms with Crippen molar-refractivity contribution < 1.29 is 57.1 Å². The Morgan fingerprint density at radius 1 is 0.704 bits per heavy atom. The largest absolute Gasteiger partial charge is 0.756 e. The quantitative estimate of drug-likeness (QED) is 0.0200. The van der Waals surface area contributed by atoms with Crippen molar-refractivity contribution >= 4 is 19.8 Å². The van der Waals surface area contributed by atoms with Crippen molar-refractivity contribution in [1.29, 1.82) is 0 Å². The van der Waals surface area contributed by atoms with E-state index in [1.807, 2.05) is 27.2 Å². The number of likely N-dealkylation sites (N-methyl/N-ethyl adjacent to an activating group) is 1. The molecule has 0 aliphatic carbocycles. The number of rotatable bonds is 38. The Balaban J connectivity index is 4.72. The lowest BCUT2D eigenvalue weighted by molar-refractivity contribution is -0.870. The van der Waals surface area contributed by atoms with Crippen molar-refractivity contribution in [2.75, 3.05) is 47.5 Å². The van der Waals surface area contributed by atoms with Crippen molar-refractivity contribution in [3.63, 3.8) is 0 Å². The number of phosphoric acid groups is 1. The molecule has 0 bridgehead atoms. The second kappa shape index (κ2) is 36.6. The monoisotopic (exact) mass is 793 g/mol. The number of hydrogen-bond acceptors (Lipinski definition) is 8. The van der Waals surface area contributed by atoms with E-state index in [1.165, 1.54) is 25.3 Å². The van der Waals surface area contributed by atoms with Crippen LogP contribution >= 0.6 is 7.82 Å². The number of nitrogens with zero attached hydrogens (tertiary/aromatic N) is 1.